The van der Waals surface area contributed by atoms with Gasteiger partial charge in [-0.2, -0.15) is 0 Å². The van der Waals surface area contributed by atoms with Gasteiger partial charge in [-0.25, -0.2) is 0 Å². The van der Waals surface area contributed by atoms with Crippen LogP contribution < -0.4 is 11.1 Å². The monoisotopic (exact) mass is 288 g/mol. The number of benzene rings is 2. The summed E-state index contributed by atoms with van der Waals surface area (Å²) in [6.45, 7) is 3.75. The summed E-state index contributed by atoms with van der Waals surface area (Å²) < 4.78 is 0. The summed E-state index contributed by atoms with van der Waals surface area (Å²) in [4.78, 5) is 11.9. The Kier molecular flexibility index (Phi) is 4.00. The zero-order valence-corrected chi connectivity index (χ0v) is 12.2. The molecule has 104 valence electrons. The standard InChI is InChI=1S/C16H17ClN2O/c1-11-7-9-12(10-8-11)16(2,15(18)20)19-14-6-4-3-5-13(14)17/h3-10,19H,1-2H3,(H2,18,20). The number of nitrogens with one attached hydrogen (secondary N) is 1. The van der Waals surface area contributed by atoms with E-state index in [0.717, 1.165) is 11.1 Å². The Hall–Kier alpha value is -2.00. The van der Waals surface area contributed by atoms with Crippen LogP contribution in [0.25, 0.3) is 0 Å². The van der Waals surface area contributed by atoms with E-state index in [0.29, 0.717) is 10.7 Å². The minimum atomic E-state index is -1.02. The van der Waals surface area contributed by atoms with Crippen LogP contribution in [0.3, 0.4) is 0 Å². The van der Waals surface area contributed by atoms with Gasteiger partial charge in [0.25, 0.3) is 0 Å². The van der Waals surface area contributed by atoms with Crippen LogP contribution in [0, 0.1) is 6.92 Å². The fourth-order valence-electron chi connectivity index (χ4n) is 1.99. The third-order valence-electron chi connectivity index (χ3n) is 3.38. The number of primary amides is 1. The number of aryl methyl sites for hydroxylation is 1. The van der Waals surface area contributed by atoms with E-state index in [4.69, 9.17) is 17.3 Å². The molecule has 20 heavy (non-hydrogen) atoms. The van der Waals surface area contributed by atoms with Crippen molar-refractivity contribution < 1.29 is 4.79 Å². The van der Waals surface area contributed by atoms with Gasteiger partial charge in [0, 0.05) is 0 Å². The van der Waals surface area contributed by atoms with E-state index in [1.54, 1.807) is 13.0 Å². The lowest BCUT2D eigenvalue weighted by Gasteiger charge is -2.29. The highest BCUT2D eigenvalue weighted by atomic mass is 35.5. The molecule has 0 heterocycles. The first kappa shape index (κ1) is 14.4. The largest absolute Gasteiger partial charge is 0.367 e. The van der Waals surface area contributed by atoms with Crippen LogP contribution in [0.2, 0.25) is 5.02 Å². The smallest absolute Gasteiger partial charge is 0.247 e. The van der Waals surface area contributed by atoms with E-state index in [-0.39, 0.29) is 0 Å². The molecule has 1 amide bonds. The normalized spacial score (nSPS) is 13.6. The minimum absolute atomic E-state index is 0.457. The fourth-order valence-corrected chi connectivity index (χ4v) is 2.18. The van der Waals surface area contributed by atoms with Gasteiger partial charge in [0.2, 0.25) is 5.91 Å². The van der Waals surface area contributed by atoms with Crippen LogP contribution in [0.4, 0.5) is 5.69 Å². The highest BCUT2D eigenvalue weighted by Crippen LogP contribution is 2.30. The van der Waals surface area contributed by atoms with Crippen molar-refractivity contribution in [1.29, 1.82) is 0 Å². The topological polar surface area (TPSA) is 55.1 Å². The van der Waals surface area contributed by atoms with Crippen molar-refractivity contribution in [3.05, 3.63) is 64.7 Å². The number of halogens is 1. The van der Waals surface area contributed by atoms with Crippen LogP contribution in [0.5, 0.6) is 0 Å². The van der Waals surface area contributed by atoms with E-state index >= 15 is 0 Å². The number of hydrogen-bond donors (Lipinski definition) is 2. The molecule has 0 aliphatic carbocycles. The summed E-state index contributed by atoms with van der Waals surface area (Å²) in [5, 5.41) is 3.70. The van der Waals surface area contributed by atoms with Crippen LogP contribution in [0.15, 0.2) is 48.5 Å². The Labute approximate surface area is 123 Å². The molecule has 0 spiro atoms. The summed E-state index contributed by atoms with van der Waals surface area (Å²) in [6.07, 6.45) is 0. The zero-order chi connectivity index (χ0) is 14.8. The number of carbonyl (C=O) groups is 1. The third kappa shape index (κ3) is 2.78. The van der Waals surface area contributed by atoms with Gasteiger partial charge in [-0.1, -0.05) is 53.6 Å². The summed E-state index contributed by atoms with van der Waals surface area (Å²) in [5.41, 5.74) is 7.18. The summed E-state index contributed by atoms with van der Waals surface area (Å²) in [5.74, 6) is -0.457. The molecule has 1 atom stereocenters. The molecule has 3 N–H and O–H groups in total. The number of anilines is 1. The van der Waals surface area contributed by atoms with E-state index in [1.165, 1.54) is 0 Å². The van der Waals surface area contributed by atoms with Crippen molar-refractivity contribution in [1.82, 2.24) is 0 Å². The zero-order valence-electron chi connectivity index (χ0n) is 11.5. The lowest BCUT2D eigenvalue weighted by atomic mass is 9.90. The van der Waals surface area contributed by atoms with Crippen molar-refractivity contribution in [3.8, 4) is 0 Å². The SMILES string of the molecule is Cc1ccc(C(C)(Nc2ccccc2Cl)C(N)=O)cc1. The van der Waals surface area contributed by atoms with Gasteiger partial charge < -0.3 is 11.1 Å². The number of carbonyl (C=O) groups excluding carboxylic acids is 1. The highest BCUT2D eigenvalue weighted by molar-refractivity contribution is 6.33. The second-order valence-corrected chi connectivity index (χ2v) is 5.37. The maximum atomic E-state index is 11.9. The van der Waals surface area contributed by atoms with Gasteiger partial charge in [0.15, 0.2) is 0 Å². The maximum Gasteiger partial charge on any atom is 0.247 e. The molecule has 1 unspecified atom stereocenters. The van der Waals surface area contributed by atoms with Crippen molar-refractivity contribution >= 4 is 23.2 Å². The molecule has 2 aromatic carbocycles. The molecule has 0 aromatic heterocycles. The number of hydrogen-bond acceptors (Lipinski definition) is 2. The molecular weight excluding hydrogens is 272 g/mol. The highest BCUT2D eigenvalue weighted by Gasteiger charge is 2.33. The van der Waals surface area contributed by atoms with Crippen molar-refractivity contribution in [2.24, 2.45) is 5.73 Å². The average Bonchev–Trinajstić information content (AvgIpc) is 2.42. The van der Waals surface area contributed by atoms with Crippen LogP contribution in [0.1, 0.15) is 18.1 Å². The Bertz CT molecular complexity index is 625. The molecule has 3 nitrogen and oxygen atoms in total. The number of para-hydroxylation sites is 1. The van der Waals surface area contributed by atoms with Gasteiger partial charge >= 0.3 is 0 Å². The lowest BCUT2D eigenvalue weighted by Crippen LogP contribution is -2.45. The molecule has 2 aromatic rings. The number of rotatable bonds is 4. The fraction of sp³-hybridized carbons (Fsp3) is 0.188. The van der Waals surface area contributed by atoms with E-state index in [9.17, 15) is 4.79 Å². The average molecular weight is 289 g/mol. The Morgan fingerprint density at radius 2 is 1.75 bits per heavy atom. The first-order chi connectivity index (χ1) is 9.43. The molecule has 2 rings (SSSR count). The molecule has 4 heteroatoms. The Balaban J connectivity index is 2.43. The second kappa shape index (κ2) is 5.55. The van der Waals surface area contributed by atoms with E-state index < -0.39 is 11.4 Å². The quantitative estimate of drug-likeness (QED) is 0.905. The Morgan fingerprint density at radius 1 is 1.15 bits per heavy atom. The second-order valence-electron chi connectivity index (χ2n) is 4.96. The number of nitrogens with two attached hydrogens (primary N) is 1. The lowest BCUT2D eigenvalue weighted by molar-refractivity contribution is -0.122. The molecule has 0 saturated carbocycles. The molecule has 0 saturated heterocycles. The number of amides is 1. The van der Waals surface area contributed by atoms with Gasteiger partial charge in [-0.05, 0) is 31.5 Å². The predicted molar refractivity (Wildman–Crippen MR) is 82.8 cm³/mol. The minimum Gasteiger partial charge on any atom is -0.367 e. The van der Waals surface area contributed by atoms with Crippen molar-refractivity contribution in [2.75, 3.05) is 5.32 Å². The summed E-state index contributed by atoms with van der Waals surface area (Å²) >= 11 is 6.13. The maximum absolute atomic E-state index is 11.9. The van der Waals surface area contributed by atoms with Crippen molar-refractivity contribution in [3.63, 3.8) is 0 Å². The van der Waals surface area contributed by atoms with Gasteiger partial charge in [-0.15, -0.1) is 0 Å². The first-order valence-electron chi connectivity index (χ1n) is 6.33. The first-order valence-corrected chi connectivity index (χ1v) is 6.71. The Morgan fingerprint density at radius 3 is 2.30 bits per heavy atom. The molecule has 0 fully saturated rings. The molecule has 0 aliphatic rings. The van der Waals surface area contributed by atoms with Crippen LogP contribution in [-0.2, 0) is 10.3 Å². The van der Waals surface area contributed by atoms with Gasteiger partial charge in [-0.3, -0.25) is 4.79 Å². The molecule has 0 radical (unpaired) electrons. The third-order valence-corrected chi connectivity index (χ3v) is 3.71. The van der Waals surface area contributed by atoms with Gasteiger partial charge in [0.05, 0.1) is 10.7 Å². The van der Waals surface area contributed by atoms with E-state index in [1.807, 2.05) is 49.4 Å². The summed E-state index contributed by atoms with van der Waals surface area (Å²) in [7, 11) is 0. The summed E-state index contributed by atoms with van der Waals surface area (Å²) in [6, 6.07) is 15.0. The molecular formula is C16H17ClN2O. The van der Waals surface area contributed by atoms with E-state index in [2.05, 4.69) is 5.32 Å². The predicted octanol–water partition coefficient (Wildman–Crippen LogP) is 3.46. The van der Waals surface area contributed by atoms with Crippen LogP contribution >= 0.6 is 11.6 Å². The molecule has 0 bridgehead atoms. The molecule has 0 aliphatic heterocycles. The van der Waals surface area contributed by atoms with Crippen LogP contribution in [-0.4, -0.2) is 5.91 Å². The van der Waals surface area contributed by atoms with Crippen molar-refractivity contribution in [2.45, 2.75) is 19.4 Å². The van der Waals surface area contributed by atoms with Gasteiger partial charge in [0.1, 0.15) is 5.54 Å².